The number of methoxy groups -OCH3 is 1. The molecule has 0 aliphatic heterocycles. The van der Waals surface area contributed by atoms with E-state index in [0.717, 1.165) is 22.8 Å². The fourth-order valence-electron chi connectivity index (χ4n) is 1.96. The van der Waals surface area contributed by atoms with Gasteiger partial charge in [-0.1, -0.05) is 0 Å². The number of ether oxygens (including phenoxy) is 1. The second-order valence-corrected chi connectivity index (χ2v) is 4.51. The van der Waals surface area contributed by atoms with Gasteiger partial charge in [0, 0.05) is 11.8 Å². The van der Waals surface area contributed by atoms with E-state index in [1.807, 2.05) is 41.0 Å². The third kappa shape index (κ3) is 2.21. The molecule has 6 heteroatoms. The molecule has 1 N–H and O–H groups in total. The molecular weight excluding hydrogens is 272 g/mol. The van der Waals surface area contributed by atoms with Crippen molar-refractivity contribution in [3.63, 3.8) is 0 Å². The molecule has 0 aliphatic carbocycles. The first kappa shape index (κ1) is 12.6. The lowest BCUT2D eigenvalue weighted by Crippen LogP contribution is -1.98. The summed E-state index contributed by atoms with van der Waals surface area (Å²) in [4.78, 5) is 4.12. The molecular formula is C14H12N4OS. The van der Waals surface area contributed by atoms with Gasteiger partial charge in [0.2, 0.25) is 0 Å². The third-order valence-electron chi connectivity index (χ3n) is 2.92. The van der Waals surface area contributed by atoms with E-state index in [0.29, 0.717) is 4.77 Å². The van der Waals surface area contributed by atoms with Gasteiger partial charge in [0.05, 0.1) is 19.0 Å². The van der Waals surface area contributed by atoms with Gasteiger partial charge in [-0.25, -0.2) is 0 Å². The molecule has 0 bridgehead atoms. The first-order chi connectivity index (χ1) is 9.79. The number of pyridine rings is 1. The van der Waals surface area contributed by atoms with Gasteiger partial charge in [-0.2, -0.15) is 5.10 Å². The van der Waals surface area contributed by atoms with Crippen molar-refractivity contribution in [1.82, 2.24) is 19.7 Å². The number of benzene rings is 1. The molecule has 0 atom stereocenters. The van der Waals surface area contributed by atoms with Crippen LogP contribution < -0.4 is 4.74 Å². The smallest absolute Gasteiger partial charge is 0.200 e. The zero-order valence-corrected chi connectivity index (χ0v) is 11.6. The molecule has 1 aromatic carbocycles. The number of nitrogens with zero attached hydrogens (tertiary/aromatic N) is 3. The van der Waals surface area contributed by atoms with Crippen molar-refractivity contribution < 1.29 is 4.74 Å². The highest BCUT2D eigenvalue weighted by atomic mass is 32.1. The fraction of sp³-hybridized carbons (Fsp3) is 0.0714. The SMILES string of the molecule is COc1ccc(-c2n[nH]c(=S)n2-c2cccnc2)cc1. The highest BCUT2D eigenvalue weighted by Crippen LogP contribution is 2.23. The number of rotatable bonds is 3. The Morgan fingerprint density at radius 3 is 2.65 bits per heavy atom. The average Bonchev–Trinajstić information content (AvgIpc) is 2.90. The van der Waals surface area contributed by atoms with E-state index in [2.05, 4.69) is 15.2 Å². The van der Waals surface area contributed by atoms with Crippen LogP contribution in [0.1, 0.15) is 0 Å². The van der Waals surface area contributed by atoms with Crippen LogP contribution in [0.25, 0.3) is 17.1 Å². The predicted octanol–water partition coefficient (Wildman–Crippen LogP) is 3.00. The van der Waals surface area contributed by atoms with Crippen LogP contribution in [-0.2, 0) is 0 Å². The van der Waals surface area contributed by atoms with Crippen molar-refractivity contribution in [3.05, 3.63) is 53.6 Å². The van der Waals surface area contributed by atoms with Gasteiger partial charge in [-0.15, -0.1) is 0 Å². The monoisotopic (exact) mass is 284 g/mol. The summed E-state index contributed by atoms with van der Waals surface area (Å²) < 4.78 is 7.54. The van der Waals surface area contributed by atoms with Crippen molar-refractivity contribution in [1.29, 1.82) is 0 Å². The first-order valence-corrected chi connectivity index (χ1v) is 6.42. The van der Waals surface area contributed by atoms with Crippen molar-refractivity contribution in [3.8, 4) is 22.8 Å². The molecule has 0 radical (unpaired) electrons. The van der Waals surface area contributed by atoms with E-state index in [4.69, 9.17) is 17.0 Å². The second kappa shape index (κ2) is 5.26. The molecule has 0 saturated carbocycles. The molecule has 0 saturated heterocycles. The number of aromatic amines is 1. The average molecular weight is 284 g/mol. The minimum Gasteiger partial charge on any atom is -0.497 e. The maximum absolute atomic E-state index is 5.30. The summed E-state index contributed by atoms with van der Waals surface area (Å²) in [5.41, 5.74) is 1.82. The Morgan fingerprint density at radius 2 is 2.00 bits per heavy atom. The molecule has 0 fully saturated rings. The van der Waals surface area contributed by atoms with Crippen LogP contribution in [-0.4, -0.2) is 26.9 Å². The second-order valence-electron chi connectivity index (χ2n) is 4.13. The van der Waals surface area contributed by atoms with Gasteiger partial charge in [0.15, 0.2) is 10.6 Å². The molecule has 2 aromatic heterocycles. The Bertz CT molecular complexity index is 762. The van der Waals surface area contributed by atoms with Crippen LogP contribution in [0.5, 0.6) is 5.75 Å². The highest BCUT2D eigenvalue weighted by molar-refractivity contribution is 7.71. The molecule has 100 valence electrons. The van der Waals surface area contributed by atoms with E-state index >= 15 is 0 Å². The molecule has 2 heterocycles. The summed E-state index contributed by atoms with van der Waals surface area (Å²) in [5, 5.41) is 7.11. The number of hydrogen-bond acceptors (Lipinski definition) is 4. The largest absolute Gasteiger partial charge is 0.497 e. The minimum atomic E-state index is 0.531. The maximum Gasteiger partial charge on any atom is 0.200 e. The van der Waals surface area contributed by atoms with Crippen LogP contribution in [0, 0.1) is 4.77 Å². The molecule has 0 unspecified atom stereocenters. The number of hydrogen-bond donors (Lipinski definition) is 1. The van der Waals surface area contributed by atoms with Crippen molar-refractivity contribution >= 4 is 12.2 Å². The normalized spacial score (nSPS) is 10.4. The summed E-state index contributed by atoms with van der Waals surface area (Å²) in [6.07, 6.45) is 3.47. The van der Waals surface area contributed by atoms with E-state index < -0.39 is 0 Å². The van der Waals surface area contributed by atoms with Crippen LogP contribution >= 0.6 is 12.2 Å². The van der Waals surface area contributed by atoms with Gasteiger partial charge in [-0.3, -0.25) is 14.6 Å². The maximum atomic E-state index is 5.30. The molecule has 0 spiro atoms. The number of aromatic nitrogens is 4. The lowest BCUT2D eigenvalue weighted by molar-refractivity contribution is 0.415. The Balaban J connectivity index is 2.13. The fourth-order valence-corrected chi connectivity index (χ4v) is 2.19. The Kier molecular flexibility index (Phi) is 3.30. The van der Waals surface area contributed by atoms with Gasteiger partial charge in [0.1, 0.15) is 5.75 Å². The Morgan fingerprint density at radius 1 is 1.20 bits per heavy atom. The Labute approximate surface area is 120 Å². The summed E-state index contributed by atoms with van der Waals surface area (Å²) in [6.45, 7) is 0. The van der Waals surface area contributed by atoms with Crippen molar-refractivity contribution in [2.24, 2.45) is 0 Å². The van der Waals surface area contributed by atoms with E-state index in [-0.39, 0.29) is 0 Å². The highest BCUT2D eigenvalue weighted by Gasteiger charge is 2.10. The molecule has 3 rings (SSSR count). The Hall–Kier alpha value is -2.47. The summed E-state index contributed by atoms with van der Waals surface area (Å²) in [7, 11) is 1.64. The zero-order valence-electron chi connectivity index (χ0n) is 10.8. The van der Waals surface area contributed by atoms with Crippen molar-refractivity contribution in [2.75, 3.05) is 7.11 Å². The molecule has 5 nitrogen and oxygen atoms in total. The van der Waals surface area contributed by atoms with E-state index in [9.17, 15) is 0 Å². The van der Waals surface area contributed by atoms with Crippen LogP contribution in [0.3, 0.4) is 0 Å². The zero-order chi connectivity index (χ0) is 13.9. The topological polar surface area (TPSA) is 55.7 Å². The summed E-state index contributed by atoms with van der Waals surface area (Å²) >= 11 is 5.30. The summed E-state index contributed by atoms with van der Waals surface area (Å²) in [6, 6.07) is 11.5. The standard InChI is InChI=1S/C14H12N4OS/c1-19-12-6-4-10(5-7-12)13-16-17-14(20)18(13)11-3-2-8-15-9-11/h2-9H,1H3,(H,17,20). The molecule has 0 aliphatic rings. The minimum absolute atomic E-state index is 0.531. The third-order valence-corrected chi connectivity index (χ3v) is 3.20. The number of H-pyrrole nitrogens is 1. The van der Waals surface area contributed by atoms with Gasteiger partial charge in [-0.05, 0) is 48.6 Å². The van der Waals surface area contributed by atoms with Crippen LogP contribution in [0.2, 0.25) is 0 Å². The van der Waals surface area contributed by atoms with Gasteiger partial charge in [0.25, 0.3) is 0 Å². The molecule has 0 amide bonds. The van der Waals surface area contributed by atoms with Gasteiger partial charge < -0.3 is 4.74 Å². The first-order valence-electron chi connectivity index (χ1n) is 6.02. The predicted molar refractivity (Wildman–Crippen MR) is 78.5 cm³/mol. The quantitative estimate of drug-likeness (QED) is 0.751. The van der Waals surface area contributed by atoms with Gasteiger partial charge >= 0.3 is 0 Å². The van der Waals surface area contributed by atoms with Crippen LogP contribution in [0.15, 0.2) is 48.8 Å². The molecule has 20 heavy (non-hydrogen) atoms. The lowest BCUT2D eigenvalue weighted by atomic mass is 10.2. The van der Waals surface area contributed by atoms with E-state index in [1.54, 1.807) is 19.5 Å². The van der Waals surface area contributed by atoms with E-state index in [1.165, 1.54) is 0 Å². The van der Waals surface area contributed by atoms with Crippen LogP contribution in [0.4, 0.5) is 0 Å². The number of nitrogens with one attached hydrogen (secondary N) is 1. The summed E-state index contributed by atoms with van der Waals surface area (Å²) in [5.74, 6) is 1.54. The van der Waals surface area contributed by atoms with Crippen molar-refractivity contribution in [2.45, 2.75) is 0 Å². The lowest BCUT2D eigenvalue weighted by Gasteiger charge is -2.06. The molecule has 3 aromatic rings.